The second-order valence-electron chi connectivity index (χ2n) is 9.38. The molecule has 7 nitrogen and oxygen atoms in total. The zero-order valence-electron chi connectivity index (χ0n) is 16.8. The Labute approximate surface area is 166 Å². The largest absolute Gasteiger partial charge is 0.464 e. The van der Waals surface area contributed by atoms with Crippen molar-refractivity contribution in [1.82, 2.24) is 0 Å². The molecular formula is C21H31NO6. The lowest BCUT2D eigenvalue weighted by Crippen LogP contribution is -2.67. The summed E-state index contributed by atoms with van der Waals surface area (Å²) in [6.45, 7) is 3.64. The van der Waals surface area contributed by atoms with Gasteiger partial charge in [0.1, 0.15) is 12.2 Å². The van der Waals surface area contributed by atoms with Crippen molar-refractivity contribution in [3.63, 3.8) is 0 Å². The Hall–Kier alpha value is -1.65. The first-order valence-corrected chi connectivity index (χ1v) is 10.3. The molecule has 4 aliphatic rings. The maximum absolute atomic E-state index is 12.9. The summed E-state index contributed by atoms with van der Waals surface area (Å²) in [4.78, 5) is 24.9. The van der Waals surface area contributed by atoms with E-state index in [9.17, 15) is 19.8 Å². The highest BCUT2D eigenvalue weighted by Gasteiger charge is 2.64. The van der Waals surface area contributed by atoms with E-state index in [0.29, 0.717) is 51.4 Å². The number of hydrogen-bond donors (Lipinski definition) is 2. The highest BCUT2D eigenvalue weighted by molar-refractivity contribution is 5.76. The molecule has 0 radical (unpaired) electrons. The molecule has 4 unspecified atom stereocenters. The molecule has 0 amide bonds. The lowest BCUT2D eigenvalue weighted by molar-refractivity contribution is -0.262. The average molecular weight is 393 g/mol. The van der Waals surface area contributed by atoms with E-state index in [1.807, 2.05) is 13.0 Å². The van der Waals surface area contributed by atoms with Gasteiger partial charge in [0, 0.05) is 19.3 Å². The Kier molecular flexibility index (Phi) is 5.75. The van der Waals surface area contributed by atoms with Crippen LogP contribution in [0, 0.1) is 29.1 Å². The second-order valence-corrected chi connectivity index (χ2v) is 9.38. The molecule has 4 aliphatic carbocycles. The summed E-state index contributed by atoms with van der Waals surface area (Å²) in [7, 11) is 0. The smallest absolute Gasteiger partial charge is 0.309 e. The number of nitrogens with zero attached hydrogens (tertiary/aromatic N) is 1. The molecule has 0 heterocycles. The lowest BCUT2D eigenvalue weighted by Gasteiger charge is -2.62. The molecule has 4 atom stereocenters. The van der Waals surface area contributed by atoms with Gasteiger partial charge in [0.25, 0.3) is 0 Å². The van der Waals surface area contributed by atoms with Gasteiger partial charge in [-0.25, -0.2) is 0 Å². The summed E-state index contributed by atoms with van der Waals surface area (Å²) in [5, 5.41) is 30.2. The molecule has 156 valence electrons. The number of hydrogen-bond acceptors (Lipinski definition) is 7. The van der Waals surface area contributed by atoms with Crippen molar-refractivity contribution in [2.24, 2.45) is 17.8 Å². The lowest BCUT2D eigenvalue weighted by atomic mass is 9.50. The van der Waals surface area contributed by atoms with E-state index in [-0.39, 0.29) is 24.9 Å². The number of carbonyl (C=O) groups excluding carboxylic acids is 2. The SMILES string of the molecule is CCC(CC(C)C(=O)OCCC#N)C(=O)OC12CC3CC(O)(CC(O)(C3)C1)C2. The Bertz CT molecular complexity index is 652. The van der Waals surface area contributed by atoms with Crippen LogP contribution in [0.4, 0.5) is 0 Å². The Morgan fingerprint density at radius 2 is 1.79 bits per heavy atom. The Morgan fingerprint density at radius 3 is 2.32 bits per heavy atom. The van der Waals surface area contributed by atoms with Gasteiger partial charge in [-0.1, -0.05) is 13.8 Å². The number of nitriles is 1. The predicted molar refractivity (Wildman–Crippen MR) is 98.7 cm³/mol. The molecule has 4 rings (SSSR count). The van der Waals surface area contributed by atoms with E-state index >= 15 is 0 Å². The van der Waals surface area contributed by atoms with Crippen molar-refractivity contribution in [2.75, 3.05) is 6.61 Å². The van der Waals surface area contributed by atoms with Crippen molar-refractivity contribution in [1.29, 1.82) is 5.26 Å². The van der Waals surface area contributed by atoms with Crippen LogP contribution in [-0.2, 0) is 19.1 Å². The molecule has 28 heavy (non-hydrogen) atoms. The topological polar surface area (TPSA) is 117 Å². The molecule has 2 N–H and O–H groups in total. The van der Waals surface area contributed by atoms with Crippen LogP contribution in [0.3, 0.4) is 0 Å². The first-order valence-electron chi connectivity index (χ1n) is 10.3. The van der Waals surface area contributed by atoms with Crippen LogP contribution >= 0.6 is 0 Å². The van der Waals surface area contributed by atoms with Gasteiger partial charge >= 0.3 is 11.9 Å². The molecule has 0 saturated heterocycles. The minimum atomic E-state index is -0.950. The molecule has 7 heteroatoms. The number of aliphatic hydroxyl groups is 2. The van der Waals surface area contributed by atoms with E-state index in [4.69, 9.17) is 14.7 Å². The van der Waals surface area contributed by atoms with Gasteiger partial charge in [-0.15, -0.1) is 0 Å². The second kappa shape index (κ2) is 7.64. The van der Waals surface area contributed by atoms with Gasteiger partial charge in [0.15, 0.2) is 0 Å². The quantitative estimate of drug-likeness (QED) is 0.480. The van der Waals surface area contributed by atoms with E-state index in [1.54, 1.807) is 6.92 Å². The molecule has 4 saturated carbocycles. The zero-order valence-corrected chi connectivity index (χ0v) is 16.8. The number of ether oxygens (including phenoxy) is 2. The third-order valence-corrected chi connectivity index (χ3v) is 6.60. The van der Waals surface area contributed by atoms with Crippen LogP contribution in [0.5, 0.6) is 0 Å². The maximum Gasteiger partial charge on any atom is 0.309 e. The maximum atomic E-state index is 12.9. The van der Waals surface area contributed by atoms with E-state index < -0.39 is 34.6 Å². The first-order chi connectivity index (χ1) is 13.1. The van der Waals surface area contributed by atoms with Crippen LogP contribution < -0.4 is 0 Å². The first kappa shape index (κ1) is 21.1. The van der Waals surface area contributed by atoms with Gasteiger partial charge in [0.05, 0.1) is 35.5 Å². The Balaban J connectivity index is 1.61. The monoisotopic (exact) mass is 393 g/mol. The third-order valence-electron chi connectivity index (χ3n) is 6.60. The zero-order chi connectivity index (χ0) is 20.6. The van der Waals surface area contributed by atoms with Crippen LogP contribution in [-0.4, -0.2) is 45.6 Å². The van der Waals surface area contributed by atoms with Gasteiger partial charge in [-0.3, -0.25) is 9.59 Å². The summed E-state index contributed by atoms with van der Waals surface area (Å²) in [5.41, 5.74) is -2.70. The van der Waals surface area contributed by atoms with Crippen molar-refractivity contribution in [2.45, 2.75) is 88.4 Å². The van der Waals surface area contributed by atoms with E-state index in [0.717, 1.165) is 0 Å². The van der Waals surface area contributed by atoms with Crippen LogP contribution in [0.15, 0.2) is 0 Å². The van der Waals surface area contributed by atoms with Crippen LogP contribution in [0.1, 0.15) is 71.6 Å². The molecule has 0 aliphatic heterocycles. The standard InChI is InChI=1S/C21H31NO6/c1-3-16(7-14(2)17(23)27-6-4-5-22)18(24)28-21-10-15-8-19(25,12-21)11-20(26,9-15)13-21/h14-16,25-26H,3-4,6-13H2,1-2H3. The van der Waals surface area contributed by atoms with E-state index in [2.05, 4.69) is 0 Å². The molecular weight excluding hydrogens is 362 g/mol. The van der Waals surface area contributed by atoms with Gasteiger partial charge in [-0.05, 0) is 38.0 Å². The van der Waals surface area contributed by atoms with Crippen molar-refractivity contribution < 1.29 is 29.3 Å². The van der Waals surface area contributed by atoms with Crippen LogP contribution in [0.25, 0.3) is 0 Å². The highest BCUT2D eigenvalue weighted by Crippen LogP contribution is 2.60. The fourth-order valence-corrected chi connectivity index (χ4v) is 5.95. The molecule has 4 bridgehead atoms. The third kappa shape index (κ3) is 4.33. The summed E-state index contributed by atoms with van der Waals surface area (Å²) in [5.74, 6) is -1.53. The van der Waals surface area contributed by atoms with Gasteiger partial charge < -0.3 is 19.7 Å². The fraction of sp³-hybridized carbons (Fsp3) is 0.857. The fourth-order valence-electron chi connectivity index (χ4n) is 5.95. The summed E-state index contributed by atoms with van der Waals surface area (Å²) in [6, 6.07) is 1.92. The Morgan fingerprint density at radius 1 is 1.14 bits per heavy atom. The normalized spacial score (nSPS) is 37.8. The number of carbonyl (C=O) groups is 2. The van der Waals surface area contributed by atoms with Crippen molar-refractivity contribution in [3.05, 3.63) is 0 Å². The minimum Gasteiger partial charge on any atom is -0.464 e. The van der Waals surface area contributed by atoms with Crippen molar-refractivity contribution in [3.8, 4) is 6.07 Å². The summed E-state index contributed by atoms with van der Waals surface area (Å²) >= 11 is 0. The van der Waals surface area contributed by atoms with E-state index in [1.165, 1.54) is 0 Å². The molecule has 0 aromatic carbocycles. The summed E-state index contributed by atoms with van der Waals surface area (Å²) in [6.07, 6.45) is 4.13. The van der Waals surface area contributed by atoms with Gasteiger partial charge in [-0.2, -0.15) is 5.26 Å². The highest BCUT2D eigenvalue weighted by atomic mass is 16.6. The minimum absolute atomic E-state index is 0.0581. The average Bonchev–Trinajstić information content (AvgIpc) is 2.55. The number of esters is 2. The van der Waals surface area contributed by atoms with Crippen LogP contribution in [0.2, 0.25) is 0 Å². The molecule has 0 aromatic heterocycles. The van der Waals surface area contributed by atoms with Crippen molar-refractivity contribution >= 4 is 11.9 Å². The molecule has 0 aromatic rings. The number of rotatable bonds is 8. The molecule has 4 fully saturated rings. The molecule has 0 spiro atoms. The summed E-state index contributed by atoms with van der Waals surface area (Å²) < 4.78 is 11.0. The van der Waals surface area contributed by atoms with Gasteiger partial charge in [0.2, 0.25) is 0 Å². The predicted octanol–water partition coefficient (Wildman–Crippen LogP) is 2.24.